The van der Waals surface area contributed by atoms with Crippen LogP contribution in [0.5, 0.6) is 0 Å². The van der Waals surface area contributed by atoms with Crippen LogP contribution >= 0.6 is 0 Å². The fourth-order valence-electron chi connectivity index (χ4n) is 5.14. The van der Waals surface area contributed by atoms with Gasteiger partial charge < -0.3 is 28.8 Å². The zero-order valence-corrected chi connectivity index (χ0v) is 24.2. The van der Waals surface area contributed by atoms with Crippen LogP contribution in [-0.2, 0) is 23.7 Å². The molecule has 7 atom stereocenters. The monoisotopic (exact) mass is 510 g/mol. The first-order valence-corrected chi connectivity index (χ1v) is 16.5. The van der Waals surface area contributed by atoms with E-state index in [9.17, 15) is 9.90 Å². The Balaban J connectivity index is 1.54. The molecule has 8 heteroatoms. The van der Waals surface area contributed by atoms with Gasteiger partial charge >= 0.3 is 6.16 Å². The smallest absolute Gasteiger partial charge is 0.431 e. The molecule has 3 aliphatic heterocycles. The van der Waals surface area contributed by atoms with Gasteiger partial charge in [0.15, 0.2) is 0 Å². The van der Waals surface area contributed by atoms with Crippen molar-refractivity contribution < 1.29 is 33.6 Å². The fraction of sp³-hybridized carbons (Fsp3) is 0.889. The summed E-state index contributed by atoms with van der Waals surface area (Å²) in [7, 11) is -1.43. The molecular formula is C27H46O7Si. The number of carbonyl (C=O) groups is 1. The van der Waals surface area contributed by atoms with E-state index in [1.54, 1.807) is 27.7 Å². The Morgan fingerprint density at radius 2 is 1.57 bits per heavy atom. The van der Waals surface area contributed by atoms with E-state index < -0.39 is 37.1 Å². The first kappa shape index (κ1) is 28.5. The summed E-state index contributed by atoms with van der Waals surface area (Å²) in [6.45, 7) is 17.7. The van der Waals surface area contributed by atoms with E-state index in [-0.39, 0.29) is 30.5 Å². The molecule has 7 nitrogen and oxygen atoms in total. The van der Waals surface area contributed by atoms with Crippen LogP contribution in [0.1, 0.15) is 80.1 Å². The summed E-state index contributed by atoms with van der Waals surface area (Å²) in [5, 5.41) is 11.0. The molecule has 35 heavy (non-hydrogen) atoms. The zero-order chi connectivity index (χ0) is 26.3. The van der Waals surface area contributed by atoms with Gasteiger partial charge in [0.2, 0.25) is 0 Å². The highest BCUT2D eigenvalue weighted by Crippen LogP contribution is 2.46. The molecular weight excluding hydrogens is 464 g/mol. The average molecular weight is 511 g/mol. The van der Waals surface area contributed by atoms with Crippen LogP contribution in [0.25, 0.3) is 0 Å². The van der Waals surface area contributed by atoms with E-state index in [2.05, 4.69) is 45.0 Å². The topological polar surface area (TPSA) is 83.5 Å². The highest BCUT2D eigenvalue weighted by Gasteiger charge is 2.54. The first-order chi connectivity index (χ1) is 15.9. The molecule has 0 bridgehead atoms. The van der Waals surface area contributed by atoms with E-state index >= 15 is 0 Å². The predicted octanol–water partition coefficient (Wildman–Crippen LogP) is 4.99. The molecule has 3 fully saturated rings. The molecule has 0 spiro atoms. The third kappa shape index (κ3) is 7.45. The molecule has 0 aromatic rings. The summed E-state index contributed by atoms with van der Waals surface area (Å²) >= 11 is 0. The highest BCUT2D eigenvalue weighted by molar-refractivity contribution is 6.83. The Morgan fingerprint density at radius 3 is 2.14 bits per heavy atom. The van der Waals surface area contributed by atoms with Crippen molar-refractivity contribution in [2.45, 2.75) is 147 Å². The van der Waals surface area contributed by atoms with E-state index in [0.717, 1.165) is 32.1 Å². The van der Waals surface area contributed by atoms with Gasteiger partial charge in [-0.15, -0.1) is 5.54 Å². The minimum Gasteiger partial charge on any atom is -0.431 e. The van der Waals surface area contributed by atoms with E-state index in [1.807, 2.05) is 0 Å². The van der Waals surface area contributed by atoms with Gasteiger partial charge in [0.05, 0.1) is 29.5 Å². The van der Waals surface area contributed by atoms with Crippen LogP contribution in [0.15, 0.2) is 0 Å². The second kappa shape index (κ2) is 9.98. The Bertz CT molecular complexity index is 833. The van der Waals surface area contributed by atoms with Gasteiger partial charge in [-0.3, -0.25) is 0 Å². The van der Waals surface area contributed by atoms with Gasteiger partial charge in [0.1, 0.15) is 32.0 Å². The lowest BCUT2D eigenvalue weighted by Gasteiger charge is -2.36. The van der Waals surface area contributed by atoms with Gasteiger partial charge in [-0.1, -0.05) is 25.6 Å². The molecule has 3 saturated heterocycles. The second-order valence-electron chi connectivity index (χ2n) is 13.2. The van der Waals surface area contributed by atoms with Crippen LogP contribution in [0.3, 0.4) is 0 Å². The molecule has 0 saturated carbocycles. The van der Waals surface area contributed by atoms with Gasteiger partial charge in [-0.2, -0.15) is 0 Å². The average Bonchev–Trinajstić information content (AvgIpc) is 3.43. The summed E-state index contributed by atoms with van der Waals surface area (Å²) in [6.07, 6.45) is 3.75. The lowest BCUT2D eigenvalue weighted by Crippen LogP contribution is -2.48. The van der Waals surface area contributed by atoms with Crippen LogP contribution in [-0.4, -0.2) is 72.8 Å². The first-order valence-electron chi connectivity index (χ1n) is 13.0. The molecule has 0 aromatic carbocycles. The standard InChI is InChI=1S/C27H46O7Si/c1-24(2,3)34-23(28)30-18-25(4,29)20-13-16-27(6,33-20)22-11-10-21(31-22)26(5)15-12-19(32-26)14-17-35(7,8)9/h19-22,29H,10-13,15-16,18H2,1-9H3/t19?,20-,21-,22+,25+,26+,27-/m0/s1. The Labute approximate surface area is 212 Å². The summed E-state index contributed by atoms with van der Waals surface area (Å²) in [5.41, 5.74) is 0.613. The van der Waals surface area contributed by atoms with Crippen molar-refractivity contribution in [1.82, 2.24) is 0 Å². The molecule has 1 N–H and O–H groups in total. The lowest BCUT2D eigenvalue weighted by atomic mass is 9.90. The zero-order valence-electron chi connectivity index (χ0n) is 23.2. The lowest BCUT2D eigenvalue weighted by molar-refractivity contribution is -0.192. The molecule has 3 heterocycles. The molecule has 3 rings (SSSR count). The number of hydrogen-bond donors (Lipinski definition) is 1. The fourth-order valence-corrected chi connectivity index (χ4v) is 5.74. The number of ether oxygens (including phenoxy) is 5. The molecule has 200 valence electrons. The van der Waals surface area contributed by atoms with Crippen LogP contribution in [0.2, 0.25) is 19.6 Å². The van der Waals surface area contributed by atoms with Crippen molar-refractivity contribution in [1.29, 1.82) is 0 Å². The maximum Gasteiger partial charge on any atom is 0.508 e. The Hall–Kier alpha value is -1.11. The second-order valence-corrected chi connectivity index (χ2v) is 18.0. The van der Waals surface area contributed by atoms with Gasteiger partial charge in [-0.05, 0) is 80.1 Å². The van der Waals surface area contributed by atoms with E-state index in [4.69, 9.17) is 23.7 Å². The molecule has 0 aromatic heterocycles. The quantitative estimate of drug-likeness (QED) is 0.317. The van der Waals surface area contributed by atoms with Crippen molar-refractivity contribution in [3.8, 4) is 11.5 Å². The number of hydrogen-bond acceptors (Lipinski definition) is 7. The maximum absolute atomic E-state index is 11.9. The molecule has 3 aliphatic rings. The number of rotatable bonds is 5. The minimum atomic E-state index is -1.43. The van der Waals surface area contributed by atoms with E-state index in [0.29, 0.717) is 6.42 Å². The third-order valence-electron chi connectivity index (χ3n) is 7.18. The van der Waals surface area contributed by atoms with Crippen molar-refractivity contribution >= 4 is 14.2 Å². The summed E-state index contributed by atoms with van der Waals surface area (Å²) < 4.78 is 29.8. The molecule has 1 unspecified atom stereocenters. The summed E-state index contributed by atoms with van der Waals surface area (Å²) in [6, 6.07) is 0. The van der Waals surface area contributed by atoms with Crippen molar-refractivity contribution in [3.05, 3.63) is 0 Å². The molecule has 0 radical (unpaired) electrons. The SMILES string of the molecule is CC(C)(C)OC(=O)OC[C@@](C)(O)[C@@H]1CC[C@@](C)([C@H]2CC[C@@H]([C@@]3(C)CCC(C#C[Si](C)(C)C)O3)O2)O1. The number of carbonyl (C=O) groups excluding carboxylic acids is 1. The summed E-state index contributed by atoms with van der Waals surface area (Å²) in [5.74, 6) is 3.37. The van der Waals surface area contributed by atoms with Crippen molar-refractivity contribution in [3.63, 3.8) is 0 Å². The van der Waals surface area contributed by atoms with Crippen LogP contribution in [0, 0.1) is 11.5 Å². The Kier molecular flexibility index (Phi) is 8.11. The largest absolute Gasteiger partial charge is 0.508 e. The minimum absolute atomic E-state index is 0.00154. The highest BCUT2D eigenvalue weighted by atomic mass is 28.3. The Morgan fingerprint density at radius 1 is 1.00 bits per heavy atom. The molecule has 0 amide bonds. The van der Waals surface area contributed by atoms with Gasteiger partial charge in [0.25, 0.3) is 0 Å². The van der Waals surface area contributed by atoms with Crippen molar-refractivity contribution in [2.75, 3.05) is 6.61 Å². The maximum atomic E-state index is 11.9. The summed E-state index contributed by atoms with van der Waals surface area (Å²) in [4.78, 5) is 11.9. The number of aliphatic hydroxyl groups is 1. The van der Waals surface area contributed by atoms with Gasteiger partial charge in [0, 0.05) is 0 Å². The third-order valence-corrected chi connectivity index (χ3v) is 8.08. The predicted molar refractivity (Wildman–Crippen MR) is 137 cm³/mol. The van der Waals surface area contributed by atoms with Gasteiger partial charge in [-0.25, -0.2) is 4.79 Å². The van der Waals surface area contributed by atoms with Crippen LogP contribution in [0.4, 0.5) is 4.79 Å². The van der Waals surface area contributed by atoms with Crippen LogP contribution < -0.4 is 0 Å². The van der Waals surface area contributed by atoms with E-state index in [1.165, 1.54) is 0 Å². The van der Waals surface area contributed by atoms with Crippen molar-refractivity contribution in [2.24, 2.45) is 0 Å². The molecule has 0 aliphatic carbocycles. The normalized spacial score (nSPS) is 37.4.